The summed E-state index contributed by atoms with van der Waals surface area (Å²) in [5.41, 5.74) is 2.08. The van der Waals surface area contributed by atoms with Gasteiger partial charge < -0.3 is 19.3 Å². The van der Waals surface area contributed by atoms with E-state index in [1.54, 1.807) is 12.2 Å². The molecule has 0 radical (unpaired) electrons. The van der Waals surface area contributed by atoms with Gasteiger partial charge in [0.1, 0.15) is 6.10 Å². The van der Waals surface area contributed by atoms with E-state index in [-0.39, 0.29) is 31.0 Å². The maximum Gasteiger partial charge on any atom is 0.331 e. The summed E-state index contributed by atoms with van der Waals surface area (Å²) in [6, 6.07) is 0. The number of cyclic esters (lactones) is 1. The molecule has 0 amide bonds. The average molecular weight is 477 g/mol. The second kappa shape index (κ2) is 15.3. The Bertz CT molecular complexity index is 806. The third kappa shape index (κ3) is 11.5. The Morgan fingerprint density at radius 3 is 2.53 bits per heavy atom. The largest absolute Gasteiger partial charge is 0.465 e. The average Bonchev–Trinajstić information content (AvgIpc) is 2.77. The molecule has 1 N–H and O–H groups in total. The molecule has 0 spiro atoms. The van der Waals surface area contributed by atoms with Crippen LogP contribution >= 0.6 is 0 Å². The van der Waals surface area contributed by atoms with Crippen LogP contribution in [0.2, 0.25) is 0 Å². The van der Waals surface area contributed by atoms with E-state index in [0.717, 1.165) is 18.4 Å². The van der Waals surface area contributed by atoms with Gasteiger partial charge in [-0.2, -0.15) is 0 Å². The minimum Gasteiger partial charge on any atom is -0.465 e. The Morgan fingerprint density at radius 1 is 1.21 bits per heavy atom. The van der Waals surface area contributed by atoms with Crippen molar-refractivity contribution in [3.63, 3.8) is 0 Å². The minimum atomic E-state index is -0.657. The second-order valence-electron chi connectivity index (χ2n) is 9.14. The van der Waals surface area contributed by atoms with Crippen LogP contribution in [0.1, 0.15) is 60.8 Å². The monoisotopic (exact) mass is 476 g/mol. The van der Waals surface area contributed by atoms with Gasteiger partial charge in [-0.25, -0.2) is 9.59 Å². The van der Waals surface area contributed by atoms with Gasteiger partial charge in [0.2, 0.25) is 0 Å². The summed E-state index contributed by atoms with van der Waals surface area (Å²) in [5, 5.41) is 9.21. The molecule has 0 aromatic carbocycles. The molecule has 1 rings (SSSR count). The number of aliphatic hydroxyl groups is 1. The van der Waals surface area contributed by atoms with Gasteiger partial charge in [0.05, 0.1) is 6.61 Å². The fourth-order valence-corrected chi connectivity index (χ4v) is 3.99. The summed E-state index contributed by atoms with van der Waals surface area (Å²) in [6.45, 7) is 11.5. The summed E-state index contributed by atoms with van der Waals surface area (Å²) in [7, 11) is 0. The van der Waals surface area contributed by atoms with Gasteiger partial charge in [0.15, 0.2) is 6.10 Å². The van der Waals surface area contributed by atoms with Crippen LogP contribution in [0.4, 0.5) is 0 Å². The Balaban J connectivity index is 2.78. The summed E-state index contributed by atoms with van der Waals surface area (Å²) in [5.74, 6) is -1.11. The van der Waals surface area contributed by atoms with E-state index in [9.17, 15) is 19.5 Å². The molecule has 0 saturated heterocycles. The SMILES string of the molecule is CC=C(C)CC(C)CC(C)C1OC(=O)C=CC1OC(=O)C=CC(C)=CC(CCO)COC(C)=O. The number of rotatable bonds is 13. The molecule has 0 aromatic rings. The molecule has 190 valence electrons. The highest BCUT2D eigenvalue weighted by Crippen LogP contribution is 2.28. The Morgan fingerprint density at radius 2 is 1.91 bits per heavy atom. The number of aliphatic hydroxyl groups excluding tert-OH is 1. The molecule has 7 heteroatoms. The molecular formula is C27H40O7. The number of hydrogen-bond donors (Lipinski definition) is 1. The fraction of sp³-hybridized carbons (Fsp3) is 0.593. The van der Waals surface area contributed by atoms with Crippen molar-refractivity contribution in [2.75, 3.05) is 13.2 Å². The first-order chi connectivity index (χ1) is 16.0. The highest BCUT2D eigenvalue weighted by molar-refractivity contribution is 5.85. The predicted octanol–water partition coefficient (Wildman–Crippen LogP) is 4.46. The lowest BCUT2D eigenvalue weighted by molar-refractivity contribution is -0.164. The first kappa shape index (κ1) is 29.4. The molecule has 1 aliphatic rings. The van der Waals surface area contributed by atoms with E-state index in [0.29, 0.717) is 12.3 Å². The van der Waals surface area contributed by atoms with Crippen molar-refractivity contribution in [3.05, 3.63) is 47.6 Å². The first-order valence-electron chi connectivity index (χ1n) is 11.9. The third-order valence-corrected chi connectivity index (χ3v) is 5.73. The number of carbonyl (C=O) groups is 3. The summed E-state index contributed by atoms with van der Waals surface area (Å²) in [6.07, 6.45) is 10.8. The van der Waals surface area contributed by atoms with Crippen LogP contribution in [0, 0.1) is 17.8 Å². The van der Waals surface area contributed by atoms with E-state index < -0.39 is 24.1 Å². The molecule has 7 nitrogen and oxygen atoms in total. The lowest BCUT2D eigenvalue weighted by atomic mass is 9.86. The molecule has 1 heterocycles. The van der Waals surface area contributed by atoms with Crippen molar-refractivity contribution in [2.45, 2.75) is 73.0 Å². The zero-order chi connectivity index (χ0) is 25.7. The van der Waals surface area contributed by atoms with Crippen molar-refractivity contribution in [2.24, 2.45) is 17.8 Å². The maximum atomic E-state index is 12.5. The van der Waals surface area contributed by atoms with Gasteiger partial charge in [0.25, 0.3) is 0 Å². The van der Waals surface area contributed by atoms with Gasteiger partial charge in [-0.05, 0) is 57.9 Å². The van der Waals surface area contributed by atoms with Crippen molar-refractivity contribution in [1.82, 2.24) is 0 Å². The predicted molar refractivity (Wildman–Crippen MR) is 131 cm³/mol. The number of allylic oxidation sites excluding steroid dienone is 4. The zero-order valence-electron chi connectivity index (χ0n) is 21.3. The highest BCUT2D eigenvalue weighted by Gasteiger charge is 2.34. The fourth-order valence-electron chi connectivity index (χ4n) is 3.99. The number of carbonyl (C=O) groups excluding carboxylic acids is 3. The Hall–Kier alpha value is -2.67. The van der Waals surface area contributed by atoms with Crippen molar-refractivity contribution in [3.8, 4) is 0 Å². The normalized spacial score (nSPS) is 21.7. The van der Waals surface area contributed by atoms with Gasteiger partial charge in [-0.3, -0.25) is 4.79 Å². The van der Waals surface area contributed by atoms with E-state index in [1.165, 1.54) is 24.6 Å². The summed E-state index contributed by atoms with van der Waals surface area (Å²) < 4.78 is 16.1. The lowest BCUT2D eigenvalue weighted by Gasteiger charge is -2.32. The molecule has 1 aliphatic heterocycles. The minimum absolute atomic E-state index is 0.0116. The summed E-state index contributed by atoms with van der Waals surface area (Å²) >= 11 is 0. The second-order valence-corrected chi connectivity index (χ2v) is 9.14. The molecular weight excluding hydrogens is 436 g/mol. The van der Waals surface area contributed by atoms with Crippen LogP contribution in [0.25, 0.3) is 0 Å². The zero-order valence-corrected chi connectivity index (χ0v) is 21.3. The Kier molecular flexibility index (Phi) is 13.2. The lowest BCUT2D eigenvalue weighted by Crippen LogP contribution is -2.41. The quantitative estimate of drug-likeness (QED) is 0.138. The molecule has 5 atom stereocenters. The molecule has 0 fully saturated rings. The van der Waals surface area contributed by atoms with Gasteiger partial charge >= 0.3 is 17.9 Å². The van der Waals surface area contributed by atoms with Gasteiger partial charge in [0, 0.05) is 31.6 Å². The molecule has 34 heavy (non-hydrogen) atoms. The molecule has 0 saturated carbocycles. The van der Waals surface area contributed by atoms with Crippen LogP contribution in [0.5, 0.6) is 0 Å². The number of hydrogen-bond acceptors (Lipinski definition) is 7. The number of ether oxygens (including phenoxy) is 3. The van der Waals surface area contributed by atoms with Crippen molar-refractivity contribution < 1.29 is 33.7 Å². The first-order valence-corrected chi connectivity index (χ1v) is 11.9. The van der Waals surface area contributed by atoms with E-state index in [4.69, 9.17) is 14.2 Å². The molecule has 0 aromatic heterocycles. The third-order valence-electron chi connectivity index (χ3n) is 5.73. The molecule has 0 bridgehead atoms. The maximum absolute atomic E-state index is 12.5. The van der Waals surface area contributed by atoms with Crippen LogP contribution in [0.15, 0.2) is 47.6 Å². The molecule has 0 aliphatic carbocycles. The Labute approximate surface area is 203 Å². The van der Waals surface area contributed by atoms with E-state index >= 15 is 0 Å². The molecule has 5 unspecified atom stereocenters. The van der Waals surface area contributed by atoms with E-state index in [2.05, 4.69) is 19.9 Å². The van der Waals surface area contributed by atoms with Crippen LogP contribution in [0.3, 0.4) is 0 Å². The van der Waals surface area contributed by atoms with E-state index in [1.807, 2.05) is 26.8 Å². The van der Waals surface area contributed by atoms with Crippen LogP contribution in [-0.4, -0.2) is 48.4 Å². The topological polar surface area (TPSA) is 99.1 Å². The summed E-state index contributed by atoms with van der Waals surface area (Å²) in [4.78, 5) is 35.4. The highest BCUT2D eigenvalue weighted by atomic mass is 16.6. The van der Waals surface area contributed by atoms with Crippen molar-refractivity contribution >= 4 is 17.9 Å². The van der Waals surface area contributed by atoms with Gasteiger partial charge in [-0.1, -0.05) is 43.2 Å². The standard InChI is InChI=1S/C27H40O7/c1-7-18(2)14-20(4)15-21(5)27-24(9-11-26(31)34-27)33-25(30)10-8-19(3)16-23(12-13-28)17-32-22(6)29/h7-11,16,20-21,23-24,27-28H,12-15,17H2,1-6H3. The van der Waals surface area contributed by atoms with Crippen LogP contribution in [-0.2, 0) is 28.6 Å². The van der Waals surface area contributed by atoms with Crippen LogP contribution < -0.4 is 0 Å². The van der Waals surface area contributed by atoms with Crippen molar-refractivity contribution in [1.29, 1.82) is 0 Å². The smallest absolute Gasteiger partial charge is 0.331 e. The number of esters is 3. The van der Waals surface area contributed by atoms with Gasteiger partial charge in [-0.15, -0.1) is 0 Å².